The molecule has 29 heteroatoms. The van der Waals surface area contributed by atoms with Gasteiger partial charge in [-0.05, 0) is 94.5 Å². The first-order chi connectivity index (χ1) is 31.0. The molecule has 4 N–H and O–H groups in total. The quantitative estimate of drug-likeness (QED) is 0.0573. The number of aliphatic imine (C=N–C) groups is 1. The van der Waals surface area contributed by atoms with Crippen LogP contribution in [-0.2, 0) is 45.3 Å². The van der Waals surface area contributed by atoms with E-state index in [9.17, 15) is 66.3 Å². The minimum atomic E-state index is -5.38. The Kier molecular flexibility index (Phi) is 19.2. The first-order valence-corrected chi connectivity index (χ1v) is 24.1. The Bertz CT molecular complexity index is 3780. The number of nitrogens with zero attached hydrogens (tertiary/aromatic N) is 2. The number of hydrazone groups is 1. The van der Waals surface area contributed by atoms with E-state index in [1.165, 1.54) is 72.8 Å². The van der Waals surface area contributed by atoms with Crippen LogP contribution in [0.3, 0.4) is 0 Å². The molecule has 0 unspecified atom stereocenters. The van der Waals surface area contributed by atoms with E-state index in [0.717, 1.165) is 48.6 Å². The summed E-state index contributed by atoms with van der Waals surface area (Å²) in [6, 6.07) is 18.6. The zero-order chi connectivity index (χ0) is 47.5. The zero-order valence-corrected chi connectivity index (χ0v) is 48.0. The molecule has 0 aromatic heterocycles. The van der Waals surface area contributed by atoms with Crippen molar-refractivity contribution >= 4 is 114 Å². The molecule has 0 bridgehead atoms. The van der Waals surface area contributed by atoms with Gasteiger partial charge in [0.2, 0.25) is 5.78 Å². The van der Waals surface area contributed by atoms with Crippen molar-refractivity contribution < 1.29 is 184 Å². The third kappa shape index (κ3) is 12.8. The Balaban J connectivity index is 0.00000266. The predicted octanol–water partition coefficient (Wildman–Crippen LogP) is -8.28. The molecular formula is C41H24N6Na4O15S4. The number of hydrogen-bond donors (Lipinski definition) is 4. The van der Waals surface area contributed by atoms with Crippen LogP contribution in [0.4, 0.5) is 21.9 Å². The Hall–Kier alpha value is -3.49. The van der Waals surface area contributed by atoms with Crippen molar-refractivity contribution in [3.63, 3.8) is 0 Å². The molecule has 0 atom stereocenters. The van der Waals surface area contributed by atoms with Crippen LogP contribution < -0.4 is 140 Å². The van der Waals surface area contributed by atoms with Crippen molar-refractivity contribution in [2.45, 2.75) is 9.79 Å². The predicted molar refractivity (Wildman–Crippen MR) is 234 cm³/mol. The number of hydrazine groups is 1. The van der Waals surface area contributed by atoms with Gasteiger partial charge in [-0.25, -0.2) is 38.5 Å². The molecule has 5 aromatic carbocycles. The summed E-state index contributed by atoms with van der Waals surface area (Å²) in [4.78, 5) is 40.8. The summed E-state index contributed by atoms with van der Waals surface area (Å²) < 4.78 is 145. The Morgan fingerprint density at radius 3 is 1.84 bits per heavy atom. The van der Waals surface area contributed by atoms with E-state index in [1.807, 2.05) is 0 Å². The van der Waals surface area contributed by atoms with Crippen LogP contribution in [0.1, 0.15) is 15.9 Å². The summed E-state index contributed by atoms with van der Waals surface area (Å²) in [6.45, 7) is 0. The summed E-state index contributed by atoms with van der Waals surface area (Å²) >= 11 is 0. The molecule has 0 heterocycles. The number of fused-ring (bicyclic) bond motifs is 4. The number of Topliss-reactive ketones (excluding diaryl/α,β-unsaturated/α-hetero) is 1. The Labute approximate surface area is 487 Å². The molecule has 21 nitrogen and oxygen atoms in total. The van der Waals surface area contributed by atoms with E-state index in [-0.39, 0.29) is 174 Å². The van der Waals surface area contributed by atoms with Gasteiger partial charge >= 0.3 is 124 Å². The van der Waals surface area contributed by atoms with Crippen LogP contribution in [-0.4, -0.2) is 80.9 Å². The Morgan fingerprint density at radius 1 is 0.571 bits per heavy atom. The molecule has 5 aromatic rings. The topological polar surface area (TPSA) is 353 Å². The van der Waals surface area contributed by atoms with E-state index in [1.54, 1.807) is 0 Å². The number of carbonyl (C=O) groups is 3. The number of carbonyl (C=O) groups excluding carboxylic acids is 3. The number of urea groups is 1. The van der Waals surface area contributed by atoms with Crippen LogP contribution in [0.2, 0.25) is 0 Å². The number of hydrogen-bond acceptors (Lipinski definition) is 19. The van der Waals surface area contributed by atoms with Gasteiger partial charge < -0.3 is 29.0 Å². The van der Waals surface area contributed by atoms with E-state index >= 15 is 0 Å². The zero-order valence-electron chi connectivity index (χ0n) is 36.7. The minimum Gasteiger partial charge on any atom is -0.744 e. The van der Waals surface area contributed by atoms with Crippen molar-refractivity contribution in [3.8, 4) is 0 Å². The first-order valence-electron chi connectivity index (χ1n) is 18.4. The summed E-state index contributed by atoms with van der Waals surface area (Å²) in [6.07, 6.45) is 4.90. The van der Waals surface area contributed by atoms with Crippen LogP contribution in [0, 0.1) is 0 Å². The third-order valence-electron chi connectivity index (χ3n) is 9.93. The average Bonchev–Trinajstić information content (AvgIpc) is 3.23. The second-order valence-electron chi connectivity index (χ2n) is 14.2. The molecule has 3 aliphatic carbocycles. The summed E-state index contributed by atoms with van der Waals surface area (Å²) in [7, 11) is -20.4. The number of nitrogens with one attached hydrogen (secondary N) is 4. The number of allylic oxidation sites excluding steroid dienone is 7. The molecule has 0 saturated carbocycles. The van der Waals surface area contributed by atoms with Gasteiger partial charge in [0.15, 0.2) is 5.78 Å². The van der Waals surface area contributed by atoms with Gasteiger partial charge in [-0.15, -0.1) is 0 Å². The number of rotatable bonds is 10. The van der Waals surface area contributed by atoms with Gasteiger partial charge in [0, 0.05) is 33.9 Å². The van der Waals surface area contributed by atoms with Crippen molar-refractivity contribution in [1.29, 1.82) is 0 Å². The van der Waals surface area contributed by atoms with Gasteiger partial charge in [0.1, 0.15) is 46.2 Å². The van der Waals surface area contributed by atoms with Gasteiger partial charge in [0.25, 0.3) is 0 Å². The summed E-state index contributed by atoms with van der Waals surface area (Å²) in [5, 5.41) is 7.04. The smallest absolute Gasteiger partial charge is 0.744 e. The van der Waals surface area contributed by atoms with Gasteiger partial charge in [0.05, 0.1) is 42.4 Å². The second-order valence-corrected chi connectivity index (χ2v) is 19.5. The average molecular weight is 1060 g/mol. The van der Waals surface area contributed by atoms with E-state index in [2.05, 4.69) is 31.7 Å². The van der Waals surface area contributed by atoms with Gasteiger partial charge in [-0.2, -0.15) is 10.1 Å². The monoisotopic (exact) mass is 1060 g/mol. The van der Waals surface area contributed by atoms with Crippen LogP contribution in [0.25, 0.3) is 27.6 Å². The number of amides is 2. The fourth-order valence-corrected chi connectivity index (χ4v) is 9.97. The second kappa shape index (κ2) is 22.7. The van der Waals surface area contributed by atoms with Crippen molar-refractivity contribution in [1.82, 2.24) is 5.43 Å². The molecule has 0 saturated heterocycles. The number of benzene rings is 5. The number of anilines is 3. The van der Waals surface area contributed by atoms with Gasteiger partial charge in [-0.1, -0.05) is 42.5 Å². The number of ketones is 2. The molecule has 3 aliphatic rings. The summed E-state index contributed by atoms with van der Waals surface area (Å²) in [5.41, 5.74) is 5.37. The van der Waals surface area contributed by atoms with E-state index < -0.39 is 89.1 Å². The third-order valence-corrected chi connectivity index (χ3v) is 13.5. The molecule has 336 valence electrons. The summed E-state index contributed by atoms with van der Waals surface area (Å²) in [5.74, 6) is -1.83. The van der Waals surface area contributed by atoms with Crippen LogP contribution >= 0.6 is 0 Å². The molecule has 0 spiro atoms. The standard InChI is InChI=1S/C41H28N6O15S4.4Na/c48-34-20-33(46-44-26-11-12-28-22(15-26)4-2-5-35(28)63(51,52)53)40(66(60,61)62)30-14-10-25(18-32(30)34)43-41(50)42-24-9-13-29-23(16-24)17-37(65(57,58)59)38(39(29)49)47-45-27-8-7-21-3-1-6-36(31(21)19-27)64(54,55)56;;;;/h1-20,44-46H,(H,42,50)(H,51,52,53)(H,54,55,56)(H,57,58,59)(H,60,61,62);;;;/q;4*+1/p-4/b43-25?,47-38+;;;;. The maximum Gasteiger partial charge on any atom is 1.00 e. The molecule has 0 aliphatic heterocycles. The maximum absolute atomic E-state index is 13.5. The van der Waals surface area contributed by atoms with E-state index in [0.29, 0.717) is 10.8 Å². The normalized spacial score (nSPS) is 15.7. The molecule has 8 rings (SSSR count). The molecular weight excluding hydrogens is 1040 g/mol. The fourth-order valence-electron chi connectivity index (χ4n) is 7.11. The first kappa shape index (κ1) is 59.1. The minimum absolute atomic E-state index is 0. The largest absolute Gasteiger partial charge is 1.00 e. The van der Waals surface area contributed by atoms with Crippen LogP contribution in [0.5, 0.6) is 0 Å². The molecule has 2 amide bonds. The van der Waals surface area contributed by atoms with E-state index in [4.69, 9.17) is 0 Å². The fraction of sp³-hybridized carbons (Fsp3) is 0. The molecule has 0 fully saturated rings. The SMILES string of the molecule is O=C(N=C1C=CC2=C(S(=O)(=O)[O-])C(NNc3ccc4c(S(=O)(=O)[O-])cccc4c3)=CC(=O)C2=C1)Nc1ccc2c(c1)C=C(S(=O)(=O)[O-])/C(=N\Nc1ccc3cccc(S(=O)(=O)[O-])c3c1)C2=O.[Na+].[Na+].[Na+].[Na+]. The van der Waals surface area contributed by atoms with Crippen molar-refractivity contribution in [2.24, 2.45) is 10.1 Å². The maximum atomic E-state index is 13.5. The molecule has 70 heavy (non-hydrogen) atoms. The van der Waals surface area contributed by atoms with Crippen molar-refractivity contribution in [3.05, 3.63) is 153 Å². The molecule has 0 radical (unpaired) electrons. The van der Waals surface area contributed by atoms with Crippen molar-refractivity contribution in [2.75, 3.05) is 16.2 Å². The van der Waals surface area contributed by atoms with Crippen LogP contribution in [0.15, 0.2) is 162 Å². The van der Waals surface area contributed by atoms with Gasteiger partial charge in [-0.3, -0.25) is 20.4 Å². The Morgan fingerprint density at radius 2 is 1.20 bits per heavy atom.